The van der Waals surface area contributed by atoms with Crippen molar-refractivity contribution < 1.29 is 23.8 Å². The molecule has 1 aliphatic heterocycles. The van der Waals surface area contributed by atoms with E-state index in [4.69, 9.17) is 25.8 Å². The second kappa shape index (κ2) is 10.2. The minimum atomic E-state index is -0.715. The van der Waals surface area contributed by atoms with E-state index < -0.39 is 18.0 Å². The van der Waals surface area contributed by atoms with Gasteiger partial charge in [-0.2, -0.15) is 0 Å². The van der Waals surface area contributed by atoms with Crippen molar-refractivity contribution in [3.63, 3.8) is 0 Å². The lowest BCUT2D eigenvalue weighted by Crippen LogP contribution is -2.48. The molecule has 1 unspecified atom stereocenters. The molecule has 0 aliphatic carbocycles. The van der Waals surface area contributed by atoms with Crippen LogP contribution in [0.3, 0.4) is 0 Å². The normalized spacial score (nSPS) is 15.7. The van der Waals surface area contributed by atoms with Crippen molar-refractivity contribution in [1.82, 2.24) is 16.0 Å². The van der Waals surface area contributed by atoms with Crippen molar-refractivity contribution in [2.24, 2.45) is 0 Å². The number of carbonyl (C=O) groups is 2. The summed E-state index contributed by atoms with van der Waals surface area (Å²) in [6.45, 7) is 0.781. The molecule has 0 saturated heterocycles. The first-order chi connectivity index (χ1) is 15.0. The molecule has 0 fully saturated rings. The first-order valence-electron chi connectivity index (χ1n) is 9.52. The van der Waals surface area contributed by atoms with Crippen molar-refractivity contribution in [3.05, 3.63) is 69.9 Å². The highest BCUT2D eigenvalue weighted by molar-refractivity contribution is 6.30. The third kappa shape index (κ3) is 5.28. The number of halogens is 1. The summed E-state index contributed by atoms with van der Waals surface area (Å²) in [6, 6.07) is 11.5. The maximum Gasteiger partial charge on any atom is 0.338 e. The quantitative estimate of drug-likeness (QED) is 0.540. The number of nitrogens with one attached hydrogen (secondary N) is 3. The SMILES string of the molecule is COC(=O)C1=C(CNCc2ccc(Cl)cc2)NC(=O)NC1c1ccc(OC)c(OC)c1. The van der Waals surface area contributed by atoms with E-state index in [2.05, 4.69) is 16.0 Å². The third-order valence-electron chi connectivity index (χ3n) is 4.84. The zero-order valence-electron chi connectivity index (χ0n) is 17.5. The molecule has 3 N–H and O–H groups in total. The van der Waals surface area contributed by atoms with Gasteiger partial charge in [0.1, 0.15) is 0 Å². The van der Waals surface area contributed by atoms with Gasteiger partial charge in [-0.05, 0) is 35.4 Å². The van der Waals surface area contributed by atoms with E-state index in [1.807, 2.05) is 12.1 Å². The van der Waals surface area contributed by atoms with E-state index in [1.165, 1.54) is 21.3 Å². The standard InChI is InChI=1S/C22H24ClN3O5/c1-29-17-9-6-14(10-18(17)30-2)20-19(21(27)31-3)16(25-22(28)26-20)12-24-11-13-4-7-15(23)8-5-13/h4-10,20,24H,11-12H2,1-3H3,(H2,25,26,28). The van der Waals surface area contributed by atoms with Gasteiger partial charge in [0.15, 0.2) is 11.5 Å². The predicted octanol–water partition coefficient (Wildman–Crippen LogP) is 2.93. The molecule has 0 saturated carbocycles. The lowest BCUT2D eigenvalue weighted by Gasteiger charge is -2.29. The molecule has 1 aliphatic rings. The van der Waals surface area contributed by atoms with Crippen LogP contribution in [-0.4, -0.2) is 39.9 Å². The first kappa shape index (κ1) is 22.5. The molecule has 9 heteroatoms. The van der Waals surface area contributed by atoms with Crippen LogP contribution in [0.15, 0.2) is 53.7 Å². The van der Waals surface area contributed by atoms with Gasteiger partial charge in [0.05, 0.1) is 32.9 Å². The van der Waals surface area contributed by atoms with Crippen LogP contribution in [0.2, 0.25) is 5.02 Å². The summed E-state index contributed by atoms with van der Waals surface area (Å²) >= 11 is 5.92. The lowest BCUT2D eigenvalue weighted by atomic mass is 9.94. The van der Waals surface area contributed by atoms with Gasteiger partial charge in [-0.3, -0.25) is 0 Å². The number of esters is 1. The van der Waals surface area contributed by atoms with E-state index in [0.717, 1.165) is 5.56 Å². The summed E-state index contributed by atoms with van der Waals surface area (Å²) in [5.74, 6) is 0.481. The van der Waals surface area contributed by atoms with Crippen molar-refractivity contribution >= 4 is 23.6 Å². The summed E-state index contributed by atoms with van der Waals surface area (Å²) in [5.41, 5.74) is 2.41. The van der Waals surface area contributed by atoms with Crippen LogP contribution in [0.4, 0.5) is 4.79 Å². The molecule has 1 atom stereocenters. The number of ether oxygens (including phenoxy) is 3. The second-order valence-corrected chi connectivity index (χ2v) is 7.20. The molecular formula is C22H24ClN3O5. The highest BCUT2D eigenvalue weighted by Gasteiger charge is 2.33. The molecule has 0 spiro atoms. The van der Waals surface area contributed by atoms with Gasteiger partial charge in [-0.25, -0.2) is 9.59 Å². The smallest absolute Gasteiger partial charge is 0.338 e. The summed E-state index contributed by atoms with van der Waals surface area (Å²) < 4.78 is 15.6. The highest BCUT2D eigenvalue weighted by atomic mass is 35.5. The summed E-state index contributed by atoms with van der Waals surface area (Å²) in [5, 5.41) is 9.39. The molecule has 8 nitrogen and oxygen atoms in total. The molecule has 0 aromatic heterocycles. The van der Waals surface area contributed by atoms with E-state index >= 15 is 0 Å². The fourth-order valence-corrected chi connectivity index (χ4v) is 3.45. The molecule has 2 aromatic carbocycles. The topological polar surface area (TPSA) is 97.9 Å². The fourth-order valence-electron chi connectivity index (χ4n) is 3.32. The van der Waals surface area contributed by atoms with Gasteiger partial charge in [0.25, 0.3) is 0 Å². The van der Waals surface area contributed by atoms with Crippen LogP contribution in [0, 0.1) is 0 Å². The monoisotopic (exact) mass is 445 g/mol. The molecule has 1 heterocycles. The largest absolute Gasteiger partial charge is 0.493 e. The Morgan fingerprint density at radius 1 is 1.03 bits per heavy atom. The number of carbonyl (C=O) groups excluding carboxylic acids is 2. The highest BCUT2D eigenvalue weighted by Crippen LogP contribution is 2.34. The van der Waals surface area contributed by atoms with Gasteiger partial charge in [-0.15, -0.1) is 0 Å². The van der Waals surface area contributed by atoms with Gasteiger partial charge in [-0.1, -0.05) is 29.8 Å². The number of hydrogen-bond donors (Lipinski definition) is 3. The van der Waals surface area contributed by atoms with E-state index in [-0.39, 0.29) is 6.54 Å². The van der Waals surface area contributed by atoms with E-state index in [9.17, 15) is 9.59 Å². The van der Waals surface area contributed by atoms with Crippen molar-refractivity contribution in [2.75, 3.05) is 27.9 Å². The lowest BCUT2D eigenvalue weighted by molar-refractivity contribution is -0.136. The molecule has 3 rings (SSSR count). The Kier molecular flexibility index (Phi) is 7.38. The third-order valence-corrected chi connectivity index (χ3v) is 5.10. The minimum Gasteiger partial charge on any atom is -0.493 e. The van der Waals surface area contributed by atoms with Gasteiger partial charge < -0.3 is 30.2 Å². The van der Waals surface area contributed by atoms with Crippen LogP contribution in [0.1, 0.15) is 17.2 Å². The Morgan fingerprint density at radius 3 is 2.39 bits per heavy atom. The predicted molar refractivity (Wildman–Crippen MR) is 116 cm³/mol. The number of amides is 2. The molecule has 2 amide bonds. The Balaban J connectivity index is 1.90. The van der Waals surface area contributed by atoms with Gasteiger partial charge >= 0.3 is 12.0 Å². The van der Waals surface area contributed by atoms with Crippen LogP contribution >= 0.6 is 11.6 Å². The van der Waals surface area contributed by atoms with Crippen molar-refractivity contribution in [2.45, 2.75) is 12.6 Å². The Bertz CT molecular complexity index is 991. The minimum absolute atomic E-state index is 0.254. The molecule has 31 heavy (non-hydrogen) atoms. The molecule has 2 aromatic rings. The molecular weight excluding hydrogens is 422 g/mol. The maximum atomic E-state index is 12.6. The first-order valence-corrected chi connectivity index (χ1v) is 9.90. The fraction of sp³-hybridized carbons (Fsp3) is 0.273. The maximum absolute atomic E-state index is 12.6. The number of urea groups is 1. The van der Waals surface area contributed by atoms with Crippen LogP contribution in [0.5, 0.6) is 11.5 Å². The number of rotatable bonds is 8. The Hall–Kier alpha value is -3.23. The van der Waals surface area contributed by atoms with Crippen LogP contribution < -0.4 is 25.4 Å². The van der Waals surface area contributed by atoms with E-state index in [1.54, 1.807) is 30.3 Å². The average Bonchev–Trinajstić information content (AvgIpc) is 2.79. The number of benzene rings is 2. The van der Waals surface area contributed by atoms with Gasteiger partial charge in [0.2, 0.25) is 0 Å². The number of hydrogen-bond acceptors (Lipinski definition) is 6. The van der Waals surface area contributed by atoms with Crippen molar-refractivity contribution in [1.29, 1.82) is 0 Å². The zero-order valence-corrected chi connectivity index (χ0v) is 18.2. The molecule has 0 bridgehead atoms. The zero-order chi connectivity index (χ0) is 22.4. The second-order valence-electron chi connectivity index (χ2n) is 6.76. The van der Waals surface area contributed by atoms with Gasteiger partial charge in [0, 0.05) is 23.8 Å². The summed E-state index contributed by atoms with van der Waals surface area (Å²) in [4.78, 5) is 25.0. The van der Waals surface area contributed by atoms with E-state index in [0.29, 0.717) is 39.9 Å². The average molecular weight is 446 g/mol. The number of methoxy groups -OCH3 is 3. The Morgan fingerprint density at radius 2 is 1.74 bits per heavy atom. The molecule has 0 radical (unpaired) electrons. The molecule has 164 valence electrons. The summed E-state index contributed by atoms with van der Waals surface area (Å²) in [7, 11) is 4.36. The van der Waals surface area contributed by atoms with Crippen molar-refractivity contribution in [3.8, 4) is 11.5 Å². The Labute approximate surface area is 185 Å². The van der Waals surface area contributed by atoms with Crippen LogP contribution in [0.25, 0.3) is 0 Å². The summed E-state index contributed by atoms with van der Waals surface area (Å²) in [6.07, 6.45) is 0. The van der Waals surface area contributed by atoms with Crippen LogP contribution in [-0.2, 0) is 16.1 Å².